The van der Waals surface area contributed by atoms with E-state index in [2.05, 4.69) is 9.84 Å². The molecule has 120 valence electrons. The van der Waals surface area contributed by atoms with Crippen LogP contribution >= 0.6 is 7.82 Å². The molecule has 0 saturated carbocycles. The fourth-order valence-electron chi connectivity index (χ4n) is 2.32. The minimum atomic E-state index is -4.84. The first-order chi connectivity index (χ1) is 9.60. The summed E-state index contributed by atoms with van der Waals surface area (Å²) in [6.07, 6.45) is -3.82. The van der Waals surface area contributed by atoms with Crippen LogP contribution in [0.25, 0.3) is 0 Å². The first-order valence-corrected chi connectivity index (χ1v) is 7.82. The molecule has 2 aliphatic heterocycles. The molecule has 0 aromatic rings. The number of nitrogens with zero attached hydrogens (tertiary/aromatic N) is 1. The van der Waals surface area contributed by atoms with Gasteiger partial charge in [0.15, 0.2) is 6.29 Å². The molecule has 4 N–H and O–H groups in total. The second kappa shape index (κ2) is 5.64. The molecule has 5 atom stereocenters. The average molecular weight is 324 g/mol. The van der Waals surface area contributed by atoms with Gasteiger partial charge in [0, 0.05) is 12.5 Å². The first-order valence-electron chi connectivity index (χ1n) is 6.29. The van der Waals surface area contributed by atoms with Crippen LogP contribution in [-0.4, -0.2) is 56.9 Å². The first kappa shape index (κ1) is 16.3. The Bertz CT molecular complexity index is 493. The van der Waals surface area contributed by atoms with Crippen LogP contribution in [0.4, 0.5) is 4.79 Å². The number of hydrogen-bond donors (Lipinski definition) is 4. The van der Waals surface area contributed by atoms with Crippen LogP contribution < -0.4 is 5.32 Å². The summed E-state index contributed by atoms with van der Waals surface area (Å²) in [5.41, 5.74) is 0. The number of hydrogen-bond acceptors (Lipinski definition) is 6. The molecule has 0 aromatic carbocycles. The van der Waals surface area contributed by atoms with E-state index in [4.69, 9.17) is 14.5 Å². The van der Waals surface area contributed by atoms with Gasteiger partial charge in [-0.2, -0.15) is 0 Å². The molecule has 2 aliphatic rings. The smallest absolute Gasteiger partial charge is 0.387 e. The van der Waals surface area contributed by atoms with Crippen molar-refractivity contribution in [3.8, 4) is 0 Å². The molecule has 0 spiro atoms. The summed E-state index contributed by atoms with van der Waals surface area (Å²) in [5.74, 6) is -1.52. The number of phosphoric ester groups is 1. The van der Waals surface area contributed by atoms with E-state index in [9.17, 15) is 19.3 Å². The van der Waals surface area contributed by atoms with Crippen molar-refractivity contribution in [1.29, 1.82) is 0 Å². The molecular formula is C10H17N2O8P. The molecule has 2 saturated heterocycles. The Hall–Kier alpha value is -1.03. The number of nitrogens with one attached hydrogen (secondary N) is 1. The van der Waals surface area contributed by atoms with Gasteiger partial charge in [0.05, 0.1) is 5.92 Å². The number of urea groups is 1. The van der Waals surface area contributed by atoms with Crippen LogP contribution in [0.3, 0.4) is 0 Å². The Morgan fingerprint density at radius 2 is 2.00 bits per heavy atom. The number of carbonyl (C=O) groups excluding carboxylic acids is 2. The van der Waals surface area contributed by atoms with Crippen LogP contribution in [0.15, 0.2) is 0 Å². The second-order valence-corrected chi connectivity index (χ2v) is 6.38. The van der Waals surface area contributed by atoms with Crippen LogP contribution in [0.1, 0.15) is 13.8 Å². The highest BCUT2D eigenvalue weighted by atomic mass is 31.2. The fraction of sp³-hybridized carbons (Fsp3) is 0.800. The van der Waals surface area contributed by atoms with E-state index in [1.54, 1.807) is 13.8 Å². The molecular weight excluding hydrogens is 307 g/mol. The van der Waals surface area contributed by atoms with Gasteiger partial charge in [-0.3, -0.25) is 19.5 Å². The fourth-order valence-corrected chi connectivity index (χ4v) is 2.76. The van der Waals surface area contributed by atoms with Crippen molar-refractivity contribution in [1.82, 2.24) is 10.2 Å². The van der Waals surface area contributed by atoms with Gasteiger partial charge in [0.25, 0.3) is 0 Å². The predicted molar refractivity (Wildman–Crippen MR) is 66.4 cm³/mol. The van der Waals surface area contributed by atoms with Gasteiger partial charge in [0.1, 0.15) is 12.3 Å². The molecule has 3 amide bonds. The normalized spacial score (nSPS) is 37.8. The van der Waals surface area contributed by atoms with Crippen molar-refractivity contribution in [3.63, 3.8) is 0 Å². The minimum Gasteiger partial charge on any atom is -0.387 e. The lowest BCUT2D eigenvalue weighted by Crippen LogP contribution is -2.58. The van der Waals surface area contributed by atoms with Gasteiger partial charge in [-0.05, 0) is 0 Å². The molecule has 2 fully saturated rings. The number of carbonyl (C=O) groups is 2. The van der Waals surface area contributed by atoms with Crippen molar-refractivity contribution < 1.29 is 38.3 Å². The largest absolute Gasteiger partial charge is 0.472 e. The van der Waals surface area contributed by atoms with Crippen molar-refractivity contribution in [3.05, 3.63) is 0 Å². The summed E-state index contributed by atoms with van der Waals surface area (Å²) >= 11 is 0. The summed E-state index contributed by atoms with van der Waals surface area (Å²) in [6, 6.07) is -0.682. The third-order valence-electron chi connectivity index (χ3n) is 3.50. The lowest BCUT2D eigenvalue weighted by molar-refractivity contribution is -0.149. The molecule has 0 aliphatic carbocycles. The summed E-state index contributed by atoms with van der Waals surface area (Å²) in [4.78, 5) is 41.9. The minimum absolute atomic E-state index is 0.0784. The lowest BCUT2D eigenvalue weighted by Gasteiger charge is -2.35. The van der Waals surface area contributed by atoms with Crippen molar-refractivity contribution >= 4 is 19.8 Å². The van der Waals surface area contributed by atoms with Gasteiger partial charge in [0.2, 0.25) is 5.91 Å². The molecule has 2 heterocycles. The Kier molecular flexibility index (Phi) is 4.39. The van der Waals surface area contributed by atoms with Crippen molar-refractivity contribution in [2.75, 3.05) is 6.54 Å². The Morgan fingerprint density at radius 3 is 2.57 bits per heavy atom. The highest BCUT2D eigenvalue weighted by Gasteiger charge is 2.49. The Balaban J connectivity index is 2.12. The maximum atomic E-state index is 11.8. The van der Waals surface area contributed by atoms with Crippen LogP contribution in [-0.2, 0) is 18.6 Å². The zero-order valence-electron chi connectivity index (χ0n) is 11.4. The monoisotopic (exact) mass is 324 g/mol. The second-order valence-electron chi connectivity index (χ2n) is 5.19. The molecule has 10 nitrogen and oxygen atoms in total. The summed E-state index contributed by atoms with van der Waals surface area (Å²) < 4.78 is 20.4. The van der Waals surface area contributed by atoms with Crippen molar-refractivity contribution in [2.45, 2.75) is 32.5 Å². The number of imide groups is 1. The third kappa shape index (κ3) is 3.42. The standard InChI is InChI=1S/C10H17N2O8P/c1-4-3-12(10(15)11-7(4)14)8-5(2)6(13)9(19-8)20-21(16,17)18/h4-6,8-9,13H,3H2,1-2H3,(H,11,14,15)(H2,16,17,18). The van der Waals surface area contributed by atoms with Crippen molar-refractivity contribution in [2.24, 2.45) is 11.8 Å². The summed E-state index contributed by atoms with van der Waals surface area (Å²) in [7, 11) is -4.84. The Labute approximate surface area is 120 Å². The number of ether oxygens (including phenoxy) is 1. The predicted octanol–water partition coefficient (Wildman–Crippen LogP) is -1.04. The molecule has 11 heteroatoms. The zero-order chi connectivity index (χ0) is 15.9. The van der Waals surface area contributed by atoms with Gasteiger partial charge in [-0.15, -0.1) is 0 Å². The number of aliphatic hydroxyl groups is 1. The van der Waals surface area contributed by atoms with E-state index in [1.807, 2.05) is 0 Å². The summed E-state index contributed by atoms with van der Waals surface area (Å²) in [6.45, 7) is 3.25. The number of aliphatic hydroxyl groups excluding tert-OH is 1. The van der Waals surface area contributed by atoms with Gasteiger partial charge >= 0.3 is 13.9 Å². The topological polar surface area (TPSA) is 146 Å². The van der Waals surface area contributed by atoms with E-state index in [-0.39, 0.29) is 6.54 Å². The number of rotatable bonds is 3. The third-order valence-corrected chi connectivity index (χ3v) is 3.98. The van der Waals surface area contributed by atoms with Gasteiger partial charge in [-0.1, -0.05) is 13.8 Å². The van der Waals surface area contributed by atoms with E-state index in [0.717, 1.165) is 0 Å². The molecule has 2 rings (SSSR count). The zero-order valence-corrected chi connectivity index (χ0v) is 12.3. The highest BCUT2D eigenvalue weighted by molar-refractivity contribution is 7.46. The number of amides is 3. The van der Waals surface area contributed by atoms with E-state index in [1.165, 1.54) is 4.90 Å². The lowest BCUT2D eigenvalue weighted by atomic mass is 10.0. The maximum Gasteiger partial charge on any atom is 0.472 e. The Morgan fingerprint density at radius 1 is 1.38 bits per heavy atom. The molecule has 0 radical (unpaired) electrons. The van der Waals surface area contributed by atoms with Crippen LogP contribution in [0.2, 0.25) is 0 Å². The highest BCUT2D eigenvalue weighted by Crippen LogP contribution is 2.43. The van der Waals surface area contributed by atoms with Gasteiger partial charge < -0.3 is 19.6 Å². The molecule has 5 unspecified atom stereocenters. The summed E-state index contributed by atoms with van der Waals surface area (Å²) in [5, 5.41) is 12.1. The van der Waals surface area contributed by atoms with Gasteiger partial charge in [-0.25, -0.2) is 9.36 Å². The van der Waals surface area contributed by atoms with E-state index < -0.39 is 50.2 Å². The van der Waals surface area contributed by atoms with E-state index >= 15 is 0 Å². The molecule has 0 bridgehead atoms. The SMILES string of the molecule is CC1CN(C2OC(OP(=O)(O)O)C(O)C2C)C(=O)NC1=O. The molecule has 0 aromatic heterocycles. The molecule has 21 heavy (non-hydrogen) atoms. The quantitative estimate of drug-likeness (QED) is 0.482. The van der Waals surface area contributed by atoms with E-state index in [0.29, 0.717) is 0 Å². The van der Waals surface area contributed by atoms with Crippen LogP contribution in [0.5, 0.6) is 0 Å². The maximum absolute atomic E-state index is 11.8. The van der Waals surface area contributed by atoms with Crippen LogP contribution in [0, 0.1) is 11.8 Å². The average Bonchev–Trinajstić information content (AvgIpc) is 2.60. The number of phosphoric acid groups is 1.